The zero-order valence-corrected chi connectivity index (χ0v) is 17.2. The molecule has 2 aromatic rings. The summed E-state index contributed by atoms with van der Waals surface area (Å²) >= 11 is 5.63. The molecule has 1 aliphatic rings. The molecule has 28 heavy (non-hydrogen) atoms. The van der Waals surface area contributed by atoms with Gasteiger partial charge in [0.2, 0.25) is 5.91 Å². The number of nitrogens with one attached hydrogen (secondary N) is 2. The summed E-state index contributed by atoms with van der Waals surface area (Å²) in [5.41, 5.74) is 3.16. The third kappa shape index (κ3) is 6.04. The van der Waals surface area contributed by atoms with E-state index in [1.165, 1.54) is 5.56 Å². The predicted octanol–water partition coefficient (Wildman–Crippen LogP) is 3.59. The summed E-state index contributed by atoms with van der Waals surface area (Å²) in [5.74, 6) is 0.0248. The van der Waals surface area contributed by atoms with Gasteiger partial charge in [0, 0.05) is 37.6 Å². The number of hydrogen-bond donors (Lipinski definition) is 2. The van der Waals surface area contributed by atoms with Crippen LogP contribution in [-0.4, -0.2) is 53.5 Å². The largest absolute Gasteiger partial charge is 0.348 e. The summed E-state index contributed by atoms with van der Waals surface area (Å²) in [5, 5.41) is 7.07. The lowest BCUT2D eigenvalue weighted by Crippen LogP contribution is -2.39. The highest BCUT2D eigenvalue weighted by Crippen LogP contribution is 2.13. The maximum Gasteiger partial charge on any atom is 0.238 e. The smallest absolute Gasteiger partial charge is 0.238 e. The molecular formula is C22H28N4OS. The first-order valence-electron chi connectivity index (χ1n) is 9.86. The van der Waals surface area contributed by atoms with Crippen molar-refractivity contribution in [3.05, 3.63) is 60.2 Å². The maximum absolute atomic E-state index is 12.3. The number of hydrogen-bond acceptors (Lipinski definition) is 3. The third-order valence-electron chi connectivity index (χ3n) is 4.89. The van der Waals surface area contributed by atoms with Gasteiger partial charge in [0.05, 0.1) is 6.54 Å². The van der Waals surface area contributed by atoms with Gasteiger partial charge in [-0.15, -0.1) is 0 Å². The second-order valence-corrected chi connectivity index (χ2v) is 7.40. The molecule has 1 saturated heterocycles. The summed E-state index contributed by atoms with van der Waals surface area (Å²) in [4.78, 5) is 16.7. The fourth-order valence-corrected chi connectivity index (χ4v) is 3.63. The Morgan fingerprint density at radius 3 is 2.54 bits per heavy atom. The lowest BCUT2D eigenvalue weighted by molar-refractivity contribution is -0.117. The van der Waals surface area contributed by atoms with Gasteiger partial charge in [-0.05, 0) is 54.9 Å². The SMILES string of the molecule is CCc1cccc(NC(=S)N2CCCN(CC(=O)Nc3ccccc3)CC2)c1. The van der Waals surface area contributed by atoms with Crippen LogP contribution in [-0.2, 0) is 11.2 Å². The van der Waals surface area contributed by atoms with Crippen molar-refractivity contribution in [1.29, 1.82) is 0 Å². The summed E-state index contributed by atoms with van der Waals surface area (Å²) in [6, 6.07) is 18.0. The Kier molecular flexibility index (Phi) is 7.39. The van der Waals surface area contributed by atoms with Crippen LogP contribution in [0.5, 0.6) is 0 Å². The first-order chi connectivity index (χ1) is 13.6. The van der Waals surface area contributed by atoms with Crippen LogP contribution in [0, 0.1) is 0 Å². The highest BCUT2D eigenvalue weighted by atomic mass is 32.1. The average Bonchev–Trinajstić information content (AvgIpc) is 2.94. The van der Waals surface area contributed by atoms with Gasteiger partial charge in [-0.3, -0.25) is 9.69 Å². The van der Waals surface area contributed by atoms with E-state index in [1.807, 2.05) is 36.4 Å². The topological polar surface area (TPSA) is 47.6 Å². The van der Waals surface area contributed by atoms with Crippen LogP contribution in [0.25, 0.3) is 0 Å². The fraction of sp³-hybridized carbons (Fsp3) is 0.364. The molecule has 6 heteroatoms. The Morgan fingerprint density at radius 1 is 0.964 bits per heavy atom. The summed E-state index contributed by atoms with van der Waals surface area (Å²) in [6.07, 6.45) is 1.99. The molecule has 3 rings (SSSR count). The van der Waals surface area contributed by atoms with E-state index in [-0.39, 0.29) is 5.91 Å². The lowest BCUT2D eigenvalue weighted by Gasteiger charge is -2.24. The second kappa shape index (κ2) is 10.2. The number of carbonyl (C=O) groups excluding carboxylic acids is 1. The summed E-state index contributed by atoms with van der Waals surface area (Å²) in [7, 11) is 0. The van der Waals surface area contributed by atoms with E-state index < -0.39 is 0 Å². The number of carbonyl (C=O) groups is 1. The molecule has 1 aliphatic heterocycles. The molecule has 0 spiro atoms. The number of amides is 1. The lowest BCUT2D eigenvalue weighted by atomic mass is 10.1. The Hall–Kier alpha value is -2.44. The molecule has 148 valence electrons. The number of aryl methyl sites for hydroxylation is 1. The zero-order valence-electron chi connectivity index (χ0n) is 16.4. The van der Waals surface area contributed by atoms with Crippen molar-refractivity contribution in [2.24, 2.45) is 0 Å². The molecule has 5 nitrogen and oxygen atoms in total. The van der Waals surface area contributed by atoms with Crippen molar-refractivity contribution in [2.75, 3.05) is 43.4 Å². The van der Waals surface area contributed by atoms with Gasteiger partial charge in [-0.1, -0.05) is 37.3 Å². The zero-order chi connectivity index (χ0) is 19.8. The minimum absolute atomic E-state index is 0.0248. The van der Waals surface area contributed by atoms with Crippen molar-refractivity contribution in [3.63, 3.8) is 0 Å². The predicted molar refractivity (Wildman–Crippen MR) is 120 cm³/mol. The van der Waals surface area contributed by atoms with E-state index >= 15 is 0 Å². The summed E-state index contributed by atoms with van der Waals surface area (Å²) < 4.78 is 0. The average molecular weight is 397 g/mol. The van der Waals surface area contributed by atoms with Gasteiger partial charge >= 0.3 is 0 Å². The van der Waals surface area contributed by atoms with E-state index in [0.717, 1.165) is 55.5 Å². The number of benzene rings is 2. The number of para-hydroxylation sites is 1. The summed E-state index contributed by atoms with van der Waals surface area (Å²) in [6.45, 7) is 5.98. The number of nitrogens with zero attached hydrogens (tertiary/aromatic N) is 2. The minimum Gasteiger partial charge on any atom is -0.348 e. The van der Waals surface area contributed by atoms with E-state index in [4.69, 9.17) is 12.2 Å². The molecular weight excluding hydrogens is 368 g/mol. The van der Waals surface area contributed by atoms with Crippen molar-refractivity contribution in [1.82, 2.24) is 9.80 Å². The van der Waals surface area contributed by atoms with Crippen LogP contribution < -0.4 is 10.6 Å². The van der Waals surface area contributed by atoms with Crippen LogP contribution in [0.3, 0.4) is 0 Å². The number of thiocarbonyl (C=S) groups is 1. The molecule has 2 aromatic carbocycles. The third-order valence-corrected chi connectivity index (χ3v) is 5.25. The molecule has 0 aliphatic carbocycles. The Bertz CT molecular complexity index is 796. The van der Waals surface area contributed by atoms with E-state index in [0.29, 0.717) is 6.54 Å². The highest BCUT2D eigenvalue weighted by Gasteiger charge is 2.19. The van der Waals surface area contributed by atoms with Crippen molar-refractivity contribution >= 4 is 34.6 Å². The quantitative estimate of drug-likeness (QED) is 0.757. The molecule has 0 radical (unpaired) electrons. The van der Waals surface area contributed by atoms with Crippen molar-refractivity contribution in [2.45, 2.75) is 19.8 Å². The maximum atomic E-state index is 12.3. The number of rotatable bonds is 5. The molecule has 0 unspecified atom stereocenters. The normalized spacial score (nSPS) is 15.0. The second-order valence-electron chi connectivity index (χ2n) is 7.02. The van der Waals surface area contributed by atoms with Gasteiger partial charge in [-0.2, -0.15) is 0 Å². The molecule has 0 bridgehead atoms. The Labute approximate surface area is 172 Å². The van der Waals surface area contributed by atoms with Gasteiger partial charge in [0.15, 0.2) is 5.11 Å². The van der Waals surface area contributed by atoms with Crippen LogP contribution >= 0.6 is 12.2 Å². The van der Waals surface area contributed by atoms with Gasteiger partial charge in [0.1, 0.15) is 0 Å². The van der Waals surface area contributed by atoms with Gasteiger partial charge < -0.3 is 15.5 Å². The van der Waals surface area contributed by atoms with Crippen LogP contribution in [0.4, 0.5) is 11.4 Å². The molecule has 1 amide bonds. The Morgan fingerprint density at radius 2 is 1.75 bits per heavy atom. The minimum atomic E-state index is 0.0248. The van der Waals surface area contributed by atoms with E-state index in [1.54, 1.807) is 0 Å². The van der Waals surface area contributed by atoms with Crippen LogP contribution in [0.1, 0.15) is 18.9 Å². The van der Waals surface area contributed by atoms with Crippen LogP contribution in [0.15, 0.2) is 54.6 Å². The molecule has 1 fully saturated rings. The first-order valence-corrected chi connectivity index (χ1v) is 10.3. The molecule has 2 N–H and O–H groups in total. The van der Waals surface area contributed by atoms with E-state index in [2.05, 4.69) is 45.6 Å². The molecule has 0 atom stereocenters. The van der Waals surface area contributed by atoms with Crippen molar-refractivity contribution in [3.8, 4) is 0 Å². The highest BCUT2D eigenvalue weighted by molar-refractivity contribution is 7.80. The Balaban J connectivity index is 1.48. The first kappa shape index (κ1) is 20.3. The standard InChI is InChI=1S/C22H28N4OS/c1-2-18-8-6-11-20(16-18)24-22(28)26-13-7-12-25(14-15-26)17-21(27)23-19-9-4-3-5-10-19/h3-6,8-11,16H,2,7,12-15,17H2,1H3,(H,23,27)(H,24,28). The van der Waals surface area contributed by atoms with Gasteiger partial charge in [0.25, 0.3) is 0 Å². The fourth-order valence-electron chi connectivity index (χ4n) is 3.33. The molecule has 0 aromatic heterocycles. The van der Waals surface area contributed by atoms with Crippen molar-refractivity contribution < 1.29 is 4.79 Å². The molecule has 1 heterocycles. The monoisotopic (exact) mass is 396 g/mol. The van der Waals surface area contributed by atoms with Gasteiger partial charge in [-0.25, -0.2) is 0 Å². The van der Waals surface area contributed by atoms with E-state index in [9.17, 15) is 4.79 Å². The number of anilines is 2. The van der Waals surface area contributed by atoms with Crippen LogP contribution in [0.2, 0.25) is 0 Å². The molecule has 0 saturated carbocycles.